The molecule has 1 amide bonds. The van der Waals surface area contributed by atoms with Gasteiger partial charge in [0.1, 0.15) is 0 Å². The minimum absolute atomic E-state index is 0.216. The average molecular weight is 470 g/mol. The minimum atomic E-state index is -3.60. The predicted molar refractivity (Wildman–Crippen MR) is 129 cm³/mol. The Morgan fingerprint density at radius 1 is 0.848 bits per heavy atom. The Labute approximate surface area is 195 Å². The van der Waals surface area contributed by atoms with Crippen LogP contribution in [0.4, 0.5) is 11.4 Å². The van der Waals surface area contributed by atoms with E-state index >= 15 is 0 Å². The number of aryl methyl sites for hydroxylation is 2. The lowest BCUT2D eigenvalue weighted by atomic mass is 10.1. The van der Waals surface area contributed by atoms with Crippen LogP contribution in [-0.4, -0.2) is 58.0 Å². The molecule has 0 spiro atoms. The third-order valence-corrected chi connectivity index (χ3v) is 8.78. The lowest BCUT2D eigenvalue weighted by molar-refractivity contribution is 0.102. The number of nitrogens with zero attached hydrogens (tertiary/aromatic N) is 2. The summed E-state index contributed by atoms with van der Waals surface area (Å²) < 4.78 is 33.6. The van der Waals surface area contributed by atoms with Gasteiger partial charge in [0.2, 0.25) is 10.0 Å². The van der Waals surface area contributed by atoms with Gasteiger partial charge in [0, 0.05) is 31.7 Å². The van der Waals surface area contributed by atoms with E-state index in [1.165, 1.54) is 11.1 Å². The number of morpholine rings is 1. The smallest absolute Gasteiger partial charge is 0.255 e. The summed E-state index contributed by atoms with van der Waals surface area (Å²) in [4.78, 5) is 15.6. The molecule has 5 rings (SSSR count). The van der Waals surface area contributed by atoms with Gasteiger partial charge in [-0.3, -0.25) is 4.79 Å². The number of rotatable bonds is 5. The number of carbonyl (C=O) groups is 1. The molecule has 2 aromatic carbocycles. The van der Waals surface area contributed by atoms with Crippen molar-refractivity contribution in [2.24, 2.45) is 0 Å². The van der Waals surface area contributed by atoms with Gasteiger partial charge in [-0.2, -0.15) is 4.31 Å². The van der Waals surface area contributed by atoms with Gasteiger partial charge in [0.25, 0.3) is 5.91 Å². The van der Waals surface area contributed by atoms with Gasteiger partial charge in [-0.1, -0.05) is 12.5 Å². The fourth-order valence-electron chi connectivity index (χ4n) is 5.02. The maximum Gasteiger partial charge on any atom is 0.255 e. The topological polar surface area (TPSA) is 79.0 Å². The first kappa shape index (κ1) is 22.4. The largest absolute Gasteiger partial charge is 0.378 e. The van der Waals surface area contributed by atoms with Gasteiger partial charge in [-0.05, 0) is 73.6 Å². The number of amides is 1. The molecule has 3 aliphatic rings. The highest BCUT2D eigenvalue weighted by atomic mass is 32.2. The van der Waals surface area contributed by atoms with E-state index in [-0.39, 0.29) is 10.8 Å². The van der Waals surface area contributed by atoms with Gasteiger partial charge in [0.15, 0.2) is 0 Å². The molecule has 8 heteroatoms. The summed E-state index contributed by atoms with van der Waals surface area (Å²) in [5.74, 6) is -0.216. The van der Waals surface area contributed by atoms with E-state index in [1.807, 2.05) is 24.3 Å². The molecule has 2 aliphatic heterocycles. The molecule has 176 valence electrons. The van der Waals surface area contributed by atoms with E-state index in [1.54, 1.807) is 16.4 Å². The number of hydrogen-bond donors (Lipinski definition) is 1. The quantitative estimate of drug-likeness (QED) is 0.726. The van der Waals surface area contributed by atoms with Crippen molar-refractivity contribution in [3.05, 3.63) is 53.1 Å². The van der Waals surface area contributed by atoms with Gasteiger partial charge >= 0.3 is 0 Å². The predicted octanol–water partition coefficient (Wildman–Crippen LogP) is 3.44. The highest BCUT2D eigenvalue weighted by Crippen LogP contribution is 2.32. The van der Waals surface area contributed by atoms with Crippen molar-refractivity contribution in [1.29, 1.82) is 0 Å². The SMILES string of the molecule is O=C(Nc1cc(S(=O)(=O)N2CCCCC2)ccc1N1CCOCC1)c1ccc2c(c1)CCC2. The zero-order valence-electron chi connectivity index (χ0n) is 18.9. The molecule has 0 unspecified atom stereocenters. The number of hydrogen-bond acceptors (Lipinski definition) is 5. The van der Waals surface area contributed by atoms with Crippen molar-refractivity contribution in [2.75, 3.05) is 49.6 Å². The molecule has 0 bridgehead atoms. The maximum atomic E-state index is 13.3. The molecule has 33 heavy (non-hydrogen) atoms. The van der Waals surface area contributed by atoms with Crippen LogP contribution in [0, 0.1) is 0 Å². The van der Waals surface area contributed by atoms with Gasteiger partial charge in [-0.25, -0.2) is 8.42 Å². The number of ether oxygens (including phenoxy) is 1. The molecule has 0 atom stereocenters. The van der Waals surface area contributed by atoms with Crippen LogP contribution in [0.5, 0.6) is 0 Å². The summed E-state index contributed by atoms with van der Waals surface area (Å²) in [5.41, 5.74) is 4.51. The van der Waals surface area contributed by atoms with Crippen LogP contribution < -0.4 is 10.2 Å². The van der Waals surface area contributed by atoms with Crippen LogP contribution in [-0.2, 0) is 27.6 Å². The number of nitrogens with one attached hydrogen (secondary N) is 1. The molecule has 1 aliphatic carbocycles. The first-order valence-corrected chi connectivity index (χ1v) is 13.4. The van der Waals surface area contributed by atoms with Crippen molar-refractivity contribution >= 4 is 27.3 Å². The van der Waals surface area contributed by atoms with E-state index in [2.05, 4.69) is 10.2 Å². The highest BCUT2D eigenvalue weighted by molar-refractivity contribution is 7.89. The zero-order chi connectivity index (χ0) is 22.8. The molecule has 2 saturated heterocycles. The van der Waals surface area contributed by atoms with Crippen molar-refractivity contribution in [3.8, 4) is 0 Å². The summed E-state index contributed by atoms with van der Waals surface area (Å²) in [6.07, 6.45) is 6.01. The summed E-state index contributed by atoms with van der Waals surface area (Å²) >= 11 is 0. The molecule has 0 saturated carbocycles. The molecule has 2 heterocycles. The van der Waals surface area contributed by atoms with E-state index in [0.29, 0.717) is 50.6 Å². The van der Waals surface area contributed by atoms with Gasteiger partial charge in [-0.15, -0.1) is 0 Å². The molecule has 0 aromatic heterocycles. The Morgan fingerprint density at radius 3 is 2.39 bits per heavy atom. The molecular weight excluding hydrogens is 438 g/mol. The van der Waals surface area contributed by atoms with E-state index in [9.17, 15) is 13.2 Å². The number of fused-ring (bicyclic) bond motifs is 1. The summed E-state index contributed by atoms with van der Waals surface area (Å²) in [6, 6.07) is 11.0. The van der Waals surface area contributed by atoms with Gasteiger partial charge in [0.05, 0.1) is 29.5 Å². The maximum absolute atomic E-state index is 13.3. The standard InChI is InChI=1S/C25H31N3O4S/c29-25(21-8-7-19-5-4-6-20(19)17-21)26-23-18-22(33(30,31)28-11-2-1-3-12-28)9-10-24(23)27-13-15-32-16-14-27/h7-10,17-18H,1-6,11-16H2,(H,26,29). The Kier molecular flexibility index (Phi) is 6.40. The Hall–Kier alpha value is -2.42. The van der Waals surface area contributed by atoms with Crippen molar-refractivity contribution in [1.82, 2.24) is 4.31 Å². The minimum Gasteiger partial charge on any atom is -0.378 e. The Morgan fingerprint density at radius 2 is 1.61 bits per heavy atom. The van der Waals surface area contributed by atoms with E-state index in [0.717, 1.165) is 44.2 Å². The van der Waals surface area contributed by atoms with Crippen molar-refractivity contribution in [3.63, 3.8) is 0 Å². The fraction of sp³-hybridized carbons (Fsp3) is 0.480. The summed E-state index contributed by atoms with van der Waals surface area (Å²) in [6.45, 7) is 3.69. The van der Waals surface area contributed by atoms with Crippen LogP contribution in [0.2, 0.25) is 0 Å². The second-order valence-corrected chi connectivity index (χ2v) is 11.0. The van der Waals surface area contributed by atoms with Crippen molar-refractivity contribution in [2.45, 2.75) is 43.4 Å². The summed E-state index contributed by atoms with van der Waals surface area (Å²) in [5, 5.41) is 3.03. The first-order chi connectivity index (χ1) is 16.0. The summed E-state index contributed by atoms with van der Waals surface area (Å²) in [7, 11) is -3.60. The van der Waals surface area contributed by atoms with Crippen LogP contribution in [0.25, 0.3) is 0 Å². The average Bonchev–Trinajstić information content (AvgIpc) is 3.33. The fourth-order valence-corrected chi connectivity index (χ4v) is 6.56. The van der Waals surface area contributed by atoms with E-state index in [4.69, 9.17) is 4.74 Å². The molecular formula is C25H31N3O4S. The molecule has 2 aromatic rings. The van der Waals surface area contributed by atoms with Crippen LogP contribution >= 0.6 is 0 Å². The third kappa shape index (κ3) is 4.65. The Bertz CT molecular complexity index is 1140. The lowest BCUT2D eigenvalue weighted by Crippen LogP contribution is -2.37. The Balaban J connectivity index is 1.47. The first-order valence-electron chi connectivity index (χ1n) is 11.9. The van der Waals surface area contributed by atoms with Crippen LogP contribution in [0.3, 0.4) is 0 Å². The number of anilines is 2. The van der Waals surface area contributed by atoms with Crippen molar-refractivity contribution < 1.29 is 17.9 Å². The second-order valence-electron chi connectivity index (χ2n) is 9.03. The molecule has 0 radical (unpaired) electrons. The highest BCUT2D eigenvalue weighted by Gasteiger charge is 2.28. The van der Waals surface area contributed by atoms with Crippen LogP contribution in [0.1, 0.15) is 47.2 Å². The number of sulfonamides is 1. The van der Waals surface area contributed by atoms with Crippen LogP contribution in [0.15, 0.2) is 41.3 Å². The number of piperidine rings is 1. The molecule has 7 nitrogen and oxygen atoms in total. The third-order valence-electron chi connectivity index (χ3n) is 6.88. The second kappa shape index (κ2) is 9.44. The molecule has 1 N–H and O–H groups in total. The lowest BCUT2D eigenvalue weighted by Gasteiger charge is -2.31. The van der Waals surface area contributed by atoms with E-state index < -0.39 is 10.0 Å². The zero-order valence-corrected chi connectivity index (χ0v) is 19.7. The molecule has 2 fully saturated rings. The normalized spacial score (nSPS) is 19.3. The number of carbonyl (C=O) groups excluding carboxylic acids is 1. The number of benzene rings is 2. The van der Waals surface area contributed by atoms with Gasteiger partial charge < -0.3 is 15.0 Å². The monoisotopic (exact) mass is 469 g/mol.